The van der Waals surface area contributed by atoms with Gasteiger partial charge in [0.15, 0.2) is 0 Å². The lowest BCUT2D eigenvalue weighted by Crippen LogP contribution is -2.46. The smallest absolute Gasteiger partial charge is 0.409 e. The number of amides is 1. The summed E-state index contributed by atoms with van der Waals surface area (Å²) in [6.07, 6.45) is 4.88. The number of para-hydroxylation sites is 2. The van der Waals surface area contributed by atoms with Crippen molar-refractivity contribution in [2.24, 2.45) is 0 Å². The molecule has 1 atom stereocenters. The summed E-state index contributed by atoms with van der Waals surface area (Å²) >= 11 is 0. The van der Waals surface area contributed by atoms with Crippen molar-refractivity contribution >= 4 is 11.8 Å². The molecule has 1 unspecified atom stereocenters. The quantitative estimate of drug-likeness (QED) is 0.492. The number of hydrogen-bond donors (Lipinski definition) is 0. The van der Waals surface area contributed by atoms with Gasteiger partial charge < -0.3 is 19.3 Å². The third kappa shape index (κ3) is 5.39. The summed E-state index contributed by atoms with van der Waals surface area (Å²) in [6, 6.07) is 8.24. The molecule has 0 saturated carbocycles. The molecule has 2 heterocycles. The van der Waals surface area contributed by atoms with E-state index in [0.29, 0.717) is 6.61 Å². The van der Waals surface area contributed by atoms with Crippen LogP contribution >= 0.6 is 0 Å². The maximum Gasteiger partial charge on any atom is 0.409 e. The van der Waals surface area contributed by atoms with E-state index in [0.717, 1.165) is 64.3 Å². The van der Waals surface area contributed by atoms with Crippen LogP contribution in [0.3, 0.4) is 0 Å². The Balaban J connectivity index is 1.37. The van der Waals surface area contributed by atoms with E-state index >= 15 is 0 Å². The molecule has 2 fully saturated rings. The molecule has 0 bridgehead atoms. The molecule has 6 nitrogen and oxygen atoms in total. The van der Waals surface area contributed by atoms with Gasteiger partial charge in [0.2, 0.25) is 0 Å². The van der Waals surface area contributed by atoms with E-state index in [4.69, 9.17) is 9.47 Å². The van der Waals surface area contributed by atoms with Gasteiger partial charge in [0, 0.05) is 33.2 Å². The lowest BCUT2D eigenvalue weighted by atomic mass is 10.1. The molecule has 0 aromatic heterocycles. The fourth-order valence-electron chi connectivity index (χ4n) is 3.71. The number of ether oxygens (including phenoxy) is 2. The van der Waals surface area contributed by atoms with Gasteiger partial charge in [-0.25, -0.2) is 4.79 Å². The van der Waals surface area contributed by atoms with Crippen LogP contribution in [0.25, 0.3) is 0 Å². The van der Waals surface area contributed by atoms with Crippen LogP contribution in [0.15, 0.2) is 36.9 Å². The third-order valence-electron chi connectivity index (χ3n) is 5.24. The summed E-state index contributed by atoms with van der Waals surface area (Å²) in [5.41, 5.74) is 1.17. The summed E-state index contributed by atoms with van der Waals surface area (Å²) in [6.45, 7) is 10.3. The highest BCUT2D eigenvalue weighted by Gasteiger charge is 2.27. The fourth-order valence-corrected chi connectivity index (χ4v) is 3.71. The van der Waals surface area contributed by atoms with Crippen molar-refractivity contribution in [2.75, 3.05) is 57.8 Å². The first-order valence-corrected chi connectivity index (χ1v) is 9.89. The fraction of sp³-hybridized carbons (Fsp3) is 0.571. The van der Waals surface area contributed by atoms with Crippen LogP contribution in [0.4, 0.5) is 10.5 Å². The Kier molecular flexibility index (Phi) is 6.98. The van der Waals surface area contributed by atoms with E-state index < -0.39 is 0 Å². The zero-order valence-electron chi connectivity index (χ0n) is 16.3. The van der Waals surface area contributed by atoms with Crippen molar-refractivity contribution < 1.29 is 14.3 Å². The molecule has 1 amide bonds. The lowest BCUT2D eigenvalue weighted by Gasteiger charge is -2.36. The number of anilines is 1. The van der Waals surface area contributed by atoms with Gasteiger partial charge in [0.25, 0.3) is 0 Å². The Morgan fingerprint density at radius 3 is 2.70 bits per heavy atom. The van der Waals surface area contributed by atoms with Gasteiger partial charge in [-0.15, -0.1) is 0 Å². The van der Waals surface area contributed by atoms with Gasteiger partial charge >= 0.3 is 6.09 Å². The van der Waals surface area contributed by atoms with Crippen molar-refractivity contribution in [1.29, 1.82) is 0 Å². The van der Waals surface area contributed by atoms with Crippen LogP contribution in [-0.2, 0) is 4.74 Å². The minimum absolute atomic E-state index is 0.0754. The van der Waals surface area contributed by atoms with E-state index in [1.165, 1.54) is 5.69 Å². The SMILES string of the molecule is C=CCOc1ccccc1N1CCN(CCCCC2CN(C)C(=O)O2)CC1. The second-order valence-corrected chi connectivity index (χ2v) is 7.28. The first kappa shape index (κ1) is 19.5. The van der Waals surface area contributed by atoms with E-state index in [1.807, 2.05) is 12.1 Å². The average Bonchev–Trinajstić information content (AvgIpc) is 3.02. The highest BCUT2D eigenvalue weighted by atomic mass is 16.6. The second kappa shape index (κ2) is 9.65. The summed E-state index contributed by atoms with van der Waals surface area (Å²) in [5, 5.41) is 0. The maximum atomic E-state index is 11.4. The van der Waals surface area contributed by atoms with Gasteiger partial charge in [-0.2, -0.15) is 0 Å². The summed E-state index contributed by atoms with van der Waals surface area (Å²) < 4.78 is 11.1. The van der Waals surface area contributed by atoms with E-state index in [2.05, 4.69) is 28.5 Å². The second-order valence-electron chi connectivity index (χ2n) is 7.28. The molecule has 0 aliphatic carbocycles. The number of carbonyl (C=O) groups is 1. The Morgan fingerprint density at radius 2 is 2.00 bits per heavy atom. The van der Waals surface area contributed by atoms with Crippen LogP contribution in [0.1, 0.15) is 19.3 Å². The standard InChI is InChI=1S/C21H31N3O3/c1-3-16-26-20-10-5-4-9-19(20)24-14-12-23(13-15-24)11-7-6-8-18-17-22(2)21(25)27-18/h3-5,9-10,18H,1,6-8,11-17H2,2H3. The van der Waals surface area contributed by atoms with Crippen molar-refractivity contribution in [3.8, 4) is 5.75 Å². The predicted octanol–water partition coefficient (Wildman–Crippen LogP) is 2.99. The number of cyclic esters (lactones) is 1. The highest BCUT2D eigenvalue weighted by molar-refractivity contribution is 5.69. The number of nitrogens with zero attached hydrogens (tertiary/aromatic N) is 3. The first-order valence-electron chi connectivity index (χ1n) is 9.89. The number of benzene rings is 1. The van der Waals surface area contributed by atoms with Gasteiger partial charge in [0.05, 0.1) is 12.2 Å². The molecule has 0 spiro atoms. The molecule has 1 aromatic rings. The molecule has 2 saturated heterocycles. The molecular weight excluding hydrogens is 342 g/mol. The molecule has 2 aliphatic rings. The molecule has 148 valence electrons. The molecule has 0 radical (unpaired) electrons. The first-order chi connectivity index (χ1) is 13.2. The zero-order chi connectivity index (χ0) is 19.1. The topological polar surface area (TPSA) is 45.2 Å². The number of piperazine rings is 1. The highest BCUT2D eigenvalue weighted by Crippen LogP contribution is 2.29. The molecule has 2 aliphatic heterocycles. The number of carbonyl (C=O) groups excluding carboxylic acids is 1. The normalized spacial score (nSPS) is 20.6. The van der Waals surface area contributed by atoms with Crippen molar-refractivity contribution in [3.05, 3.63) is 36.9 Å². The monoisotopic (exact) mass is 373 g/mol. The van der Waals surface area contributed by atoms with Gasteiger partial charge in [0.1, 0.15) is 18.5 Å². The van der Waals surface area contributed by atoms with Crippen LogP contribution in [0.2, 0.25) is 0 Å². The average molecular weight is 373 g/mol. The van der Waals surface area contributed by atoms with E-state index in [9.17, 15) is 4.79 Å². The van der Waals surface area contributed by atoms with E-state index in [1.54, 1.807) is 18.0 Å². The number of rotatable bonds is 9. The van der Waals surface area contributed by atoms with Gasteiger partial charge in [-0.3, -0.25) is 4.90 Å². The van der Waals surface area contributed by atoms with Gasteiger partial charge in [-0.1, -0.05) is 24.8 Å². The van der Waals surface area contributed by atoms with Gasteiger partial charge in [-0.05, 0) is 37.9 Å². The van der Waals surface area contributed by atoms with Crippen molar-refractivity contribution in [3.63, 3.8) is 0 Å². The summed E-state index contributed by atoms with van der Waals surface area (Å²) in [4.78, 5) is 18.0. The maximum absolute atomic E-state index is 11.4. The van der Waals surface area contributed by atoms with E-state index in [-0.39, 0.29) is 12.2 Å². The lowest BCUT2D eigenvalue weighted by molar-refractivity contribution is 0.128. The molecular formula is C21H31N3O3. The summed E-state index contributed by atoms with van der Waals surface area (Å²) in [7, 11) is 1.79. The Labute approximate surface area is 162 Å². The molecule has 3 rings (SSSR count). The van der Waals surface area contributed by atoms with Crippen LogP contribution in [0.5, 0.6) is 5.75 Å². The molecule has 27 heavy (non-hydrogen) atoms. The zero-order valence-corrected chi connectivity index (χ0v) is 16.3. The Hall–Kier alpha value is -2.21. The van der Waals surface area contributed by atoms with Crippen LogP contribution in [0, 0.1) is 0 Å². The van der Waals surface area contributed by atoms with Crippen LogP contribution in [-0.4, -0.2) is 74.9 Å². The molecule has 1 aromatic carbocycles. The summed E-state index contributed by atoms with van der Waals surface area (Å²) in [5.74, 6) is 0.932. The molecule has 6 heteroatoms. The van der Waals surface area contributed by atoms with Crippen molar-refractivity contribution in [1.82, 2.24) is 9.80 Å². The Bertz CT molecular complexity index is 629. The predicted molar refractivity (Wildman–Crippen MR) is 108 cm³/mol. The van der Waals surface area contributed by atoms with Crippen molar-refractivity contribution in [2.45, 2.75) is 25.4 Å². The number of likely N-dealkylation sites (N-methyl/N-ethyl adjacent to an activating group) is 1. The minimum Gasteiger partial charge on any atom is -0.487 e. The molecule has 0 N–H and O–H groups in total. The number of unbranched alkanes of at least 4 members (excludes halogenated alkanes) is 1. The third-order valence-corrected chi connectivity index (χ3v) is 5.24. The van der Waals surface area contributed by atoms with Crippen LogP contribution < -0.4 is 9.64 Å². The Morgan fingerprint density at radius 1 is 1.22 bits per heavy atom. The minimum atomic E-state index is -0.187. The largest absolute Gasteiger partial charge is 0.487 e. The number of hydrogen-bond acceptors (Lipinski definition) is 5.